The molecule has 0 aromatic carbocycles. The van der Waals surface area contributed by atoms with Gasteiger partial charge in [-0.15, -0.1) is 0 Å². The van der Waals surface area contributed by atoms with Crippen LogP contribution in [-0.2, 0) is 0 Å². The Morgan fingerprint density at radius 2 is 1.53 bits per heavy atom. The van der Waals surface area contributed by atoms with Gasteiger partial charge in [-0.3, -0.25) is 9.59 Å². The second-order valence-electron chi connectivity index (χ2n) is 3.88. The van der Waals surface area contributed by atoms with Gasteiger partial charge < -0.3 is 5.32 Å². The third kappa shape index (κ3) is 1.51. The normalized spacial score (nSPS) is 20.8. The summed E-state index contributed by atoms with van der Waals surface area (Å²) in [5, 5.41) is 6.07. The van der Waals surface area contributed by atoms with E-state index in [9.17, 15) is 9.59 Å². The van der Waals surface area contributed by atoms with Crippen LogP contribution in [0.3, 0.4) is 0 Å². The number of nitrogens with zero attached hydrogens (tertiary/aromatic N) is 4. The Labute approximate surface area is 97.4 Å². The molecule has 7 nitrogen and oxygen atoms in total. The van der Waals surface area contributed by atoms with Gasteiger partial charge >= 0.3 is 0 Å². The van der Waals surface area contributed by atoms with Gasteiger partial charge in [0.25, 0.3) is 11.8 Å². The summed E-state index contributed by atoms with van der Waals surface area (Å²) in [7, 11) is 0. The molecule has 1 saturated heterocycles. The Morgan fingerprint density at radius 3 is 2.06 bits per heavy atom. The van der Waals surface area contributed by atoms with Crippen LogP contribution in [0.25, 0.3) is 0 Å². The van der Waals surface area contributed by atoms with Crippen molar-refractivity contribution in [3.05, 3.63) is 23.8 Å². The lowest BCUT2D eigenvalue weighted by atomic mass is 10.3. The van der Waals surface area contributed by atoms with Gasteiger partial charge in [-0.05, 0) is 0 Å². The van der Waals surface area contributed by atoms with Gasteiger partial charge in [-0.1, -0.05) is 0 Å². The highest BCUT2D eigenvalue weighted by atomic mass is 16.2. The zero-order valence-corrected chi connectivity index (χ0v) is 9.09. The number of aromatic nitrogens is 2. The van der Waals surface area contributed by atoms with Gasteiger partial charge in [0, 0.05) is 38.6 Å². The summed E-state index contributed by atoms with van der Waals surface area (Å²) < 4.78 is 0. The molecule has 88 valence electrons. The number of hydrazine groups is 1. The lowest BCUT2D eigenvalue weighted by Gasteiger charge is -2.32. The molecule has 2 aliphatic rings. The zero-order chi connectivity index (χ0) is 11.8. The summed E-state index contributed by atoms with van der Waals surface area (Å²) in [6, 6.07) is 0. The van der Waals surface area contributed by atoms with E-state index in [2.05, 4.69) is 15.3 Å². The zero-order valence-electron chi connectivity index (χ0n) is 9.09. The van der Waals surface area contributed by atoms with E-state index in [1.165, 1.54) is 12.4 Å². The van der Waals surface area contributed by atoms with E-state index in [4.69, 9.17) is 0 Å². The largest absolute Gasteiger partial charge is 0.314 e. The Morgan fingerprint density at radius 1 is 1.00 bits per heavy atom. The van der Waals surface area contributed by atoms with Crippen molar-refractivity contribution in [1.29, 1.82) is 0 Å². The molecule has 2 aliphatic heterocycles. The van der Waals surface area contributed by atoms with Crippen LogP contribution >= 0.6 is 0 Å². The monoisotopic (exact) mass is 233 g/mol. The van der Waals surface area contributed by atoms with Gasteiger partial charge in [0.15, 0.2) is 11.4 Å². The molecule has 0 unspecified atom stereocenters. The maximum Gasteiger partial charge on any atom is 0.296 e. The highest BCUT2D eigenvalue weighted by molar-refractivity contribution is 6.18. The van der Waals surface area contributed by atoms with Gasteiger partial charge in [-0.25, -0.2) is 15.0 Å². The SMILES string of the molecule is O=C1c2nccnc2C(=O)N1N1CCNCC1. The third-order valence-electron chi connectivity index (χ3n) is 2.86. The van der Waals surface area contributed by atoms with Gasteiger partial charge in [0.05, 0.1) is 0 Å². The molecule has 1 fully saturated rings. The molecule has 0 bridgehead atoms. The molecule has 1 aromatic heterocycles. The van der Waals surface area contributed by atoms with Crippen molar-refractivity contribution < 1.29 is 9.59 Å². The topological polar surface area (TPSA) is 78.4 Å². The number of hydrogen-bond donors (Lipinski definition) is 1. The maximum absolute atomic E-state index is 12.0. The molecule has 1 N–H and O–H groups in total. The second kappa shape index (κ2) is 3.86. The summed E-state index contributed by atoms with van der Waals surface area (Å²) in [4.78, 5) is 31.9. The lowest BCUT2D eigenvalue weighted by molar-refractivity contribution is -0.00393. The summed E-state index contributed by atoms with van der Waals surface area (Å²) in [5.74, 6) is -0.750. The van der Waals surface area contributed by atoms with E-state index < -0.39 is 0 Å². The van der Waals surface area contributed by atoms with Gasteiger partial charge in [0.2, 0.25) is 0 Å². The minimum atomic E-state index is -0.375. The Hall–Kier alpha value is -1.86. The first kappa shape index (κ1) is 10.3. The molecule has 1 aromatic rings. The number of imide groups is 1. The highest BCUT2D eigenvalue weighted by Gasteiger charge is 2.41. The van der Waals surface area contributed by atoms with Crippen LogP contribution in [0.15, 0.2) is 12.4 Å². The standard InChI is InChI=1S/C10H11N5O2/c16-9-7-8(13-2-1-12-7)10(17)15(9)14-5-3-11-4-6-14/h1-2,11H,3-6H2. The van der Waals surface area contributed by atoms with Crippen LogP contribution in [0, 0.1) is 0 Å². The van der Waals surface area contributed by atoms with Crippen molar-refractivity contribution in [2.75, 3.05) is 26.2 Å². The van der Waals surface area contributed by atoms with Crippen molar-refractivity contribution in [3.8, 4) is 0 Å². The van der Waals surface area contributed by atoms with E-state index in [1.54, 1.807) is 5.01 Å². The number of piperazine rings is 1. The van der Waals surface area contributed by atoms with Crippen molar-refractivity contribution >= 4 is 11.8 Å². The number of nitrogens with one attached hydrogen (secondary N) is 1. The van der Waals surface area contributed by atoms with E-state index >= 15 is 0 Å². The third-order valence-corrected chi connectivity index (χ3v) is 2.86. The van der Waals surface area contributed by atoms with Crippen molar-refractivity contribution in [2.24, 2.45) is 0 Å². The number of carbonyl (C=O) groups is 2. The second-order valence-corrected chi connectivity index (χ2v) is 3.88. The van der Waals surface area contributed by atoms with E-state index in [0.717, 1.165) is 18.1 Å². The molecular weight excluding hydrogens is 222 g/mol. The minimum Gasteiger partial charge on any atom is -0.314 e. The molecular formula is C10H11N5O2. The summed E-state index contributed by atoms with van der Waals surface area (Å²) in [6.07, 6.45) is 2.84. The smallest absolute Gasteiger partial charge is 0.296 e. The predicted octanol–water partition coefficient (Wildman–Crippen LogP) is -1.11. The molecule has 17 heavy (non-hydrogen) atoms. The van der Waals surface area contributed by atoms with Crippen LogP contribution in [-0.4, -0.2) is 58.0 Å². The molecule has 0 radical (unpaired) electrons. The fraction of sp³-hybridized carbons (Fsp3) is 0.400. The van der Waals surface area contributed by atoms with Gasteiger partial charge in [-0.2, -0.15) is 5.01 Å². The molecule has 0 atom stereocenters. The number of amides is 2. The predicted molar refractivity (Wildman–Crippen MR) is 57.0 cm³/mol. The Kier molecular flexibility index (Phi) is 2.34. The molecule has 7 heteroatoms. The molecule has 2 amide bonds. The number of carbonyl (C=O) groups excluding carboxylic acids is 2. The number of hydrogen-bond acceptors (Lipinski definition) is 6. The first-order valence-corrected chi connectivity index (χ1v) is 5.44. The fourth-order valence-electron chi connectivity index (χ4n) is 2.05. The molecule has 3 rings (SSSR count). The maximum atomic E-state index is 12.0. The van der Waals surface area contributed by atoms with Crippen LogP contribution in [0.1, 0.15) is 21.0 Å². The summed E-state index contributed by atoms with van der Waals surface area (Å²) in [5.41, 5.74) is 0.298. The van der Waals surface area contributed by atoms with Crippen LogP contribution < -0.4 is 5.32 Å². The van der Waals surface area contributed by atoms with Crippen molar-refractivity contribution in [1.82, 2.24) is 25.3 Å². The van der Waals surface area contributed by atoms with Crippen molar-refractivity contribution in [2.45, 2.75) is 0 Å². The first-order valence-electron chi connectivity index (χ1n) is 5.44. The van der Waals surface area contributed by atoms with E-state index in [1.807, 2.05) is 0 Å². The molecule has 0 saturated carbocycles. The molecule has 0 aliphatic carbocycles. The number of rotatable bonds is 1. The number of fused-ring (bicyclic) bond motifs is 1. The van der Waals surface area contributed by atoms with E-state index in [0.29, 0.717) is 13.1 Å². The Balaban J connectivity index is 1.94. The van der Waals surface area contributed by atoms with Crippen LogP contribution in [0.2, 0.25) is 0 Å². The summed E-state index contributed by atoms with van der Waals surface area (Å²) >= 11 is 0. The molecule has 3 heterocycles. The summed E-state index contributed by atoms with van der Waals surface area (Å²) in [6.45, 7) is 2.78. The highest BCUT2D eigenvalue weighted by Crippen LogP contribution is 2.20. The van der Waals surface area contributed by atoms with Gasteiger partial charge in [0.1, 0.15) is 0 Å². The van der Waals surface area contributed by atoms with Crippen LogP contribution in [0.5, 0.6) is 0 Å². The molecule has 0 spiro atoms. The van der Waals surface area contributed by atoms with E-state index in [-0.39, 0.29) is 23.2 Å². The van der Waals surface area contributed by atoms with Crippen molar-refractivity contribution in [3.63, 3.8) is 0 Å². The average Bonchev–Trinajstić information content (AvgIpc) is 2.64. The Bertz CT molecular complexity index is 448. The lowest BCUT2D eigenvalue weighted by Crippen LogP contribution is -2.54. The first-order chi connectivity index (χ1) is 8.29. The van der Waals surface area contributed by atoms with Crippen LogP contribution in [0.4, 0.5) is 0 Å². The fourth-order valence-corrected chi connectivity index (χ4v) is 2.05. The minimum absolute atomic E-state index is 0.149. The average molecular weight is 233 g/mol. The quantitative estimate of drug-likeness (QED) is 0.620.